The van der Waals surface area contributed by atoms with Gasteiger partial charge in [0.15, 0.2) is 11.6 Å². The van der Waals surface area contributed by atoms with Crippen molar-refractivity contribution in [2.45, 2.75) is 45.8 Å². The van der Waals surface area contributed by atoms with Crippen LogP contribution < -0.4 is 14.8 Å². The minimum absolute atomic E-state index is 0.0756. The van der Waals surface area contributed by atoms with Crippen LogP contribution in [-0.4, -0.2) is 48.4 Å². The van der Waals surface area contributed by atoms with Crippen LogP contribution in [0, 0.1) is 12.7 Å². The molecule has 1 aromatic heterocycles. The molecule has 7 nitrogen and oxygen atoms in total. The molecule has 1 aliphatic rings. The van der Waals surface area contributed by atoms with E-state index in [4.69, 9.17) is 14.2 Å². The highest BCUT2D eigenvalue weighted by atomic mass is 19.1. The molecule has 0 bridgehead atoms. The monoisotopic (exact) mass is 417 g/mol. The van der Waals surface area contributed by atoms with Crippen LogP contribution in [0.2, 0.25) is 0 Å². The van der Waals surface area contributed by atoms with E-state index in [1.165, 1.54) is 13.2 Å². The standard InChI is InChI=1S/C22H28FN3O4/c1-14(2)29-22(27)26-11-8-16(9-12-26)30-19-7-10-24-21(20(19)28-4)25-18-6-5-15(3)13-17(18)23/h5-7,10,13-14,16H,8-9,11-12H2,1-4H3,(H,24,25). The number of ether oxygens (including phenoxy) is 3. The molecular formula is C22H28FN3O4. The molecule has 1 saturated heterocycles. The maximum absolute atomic E-state index is 14.2. The molecule has 2 heterocycles. The first kappa shape index (κ1) is 21.7. The first-order chi connectivity index (χ1) is 14.4. The maximum Gasteiger partial charge on any atom is 0.410 e. The van der Waals surface area contributed by atoms with Gasteiger partial charge in [-0.05, 0) is 38.5 Å². The van der Waals surface area contributed by atoms with Crippen LogP contribution in [0.15, 0.2) is 30.5 Å². The van der Waals surface area contributed by atoms with Crippen molar-refractivity contribution in [3.63, 3.8) is 0 Å². The minimum Gasteiger partial charge on any atom is -0.490 e. The van der Waals surface area contributed by atoms with Crippen LogP contribution in [0.5, 0.6) is 11.5 Å². The molecule has 0 radical (unpaired) electrons. The Kier molecular flexibility index (Phi) is 6.97. The molecule has 1 aromatic carbocycles. The number of piperidine rings is 1. The number of methoxy groups -OCH3 is 1. The van der Waals surface area contributed by atoms with E-state index >= 15 is 0 Å². The SMILES string of the molecule is COc1c(OC2CCN(C(=O)OC(C)C)CC2)ccnc1Nc1ccc(C)cc1F. The summed E-state index contributed by atoms with van der Waals surface area (Å²) in [5.74, 6) is 0.923. The van der Waals surface area contributed by atoms with Crippen LogP contribution in [0.4, 0.5) is 20.7 Å². The summed E-state index contributed by atoms with van der Waals surface area (Å²) in [5, 5.41) is 2.98. The second-order valence-corrected chi connectivity index (χ2v) is 7.54. The smallest absolute Gasteiger partial charge is 0.410 e. The number of hydrogen-bond acceptors (Lipinski definition) is 6. The molecule has 2 aromatic rings. The van der Waals surface area contributed by atoms with Gasteiger partial charge in [0.05, 0.1) is 18.9 Å². The summed E-state index contributed by atoms with van der Waals surface area (Å²) in [5.41, 5.74) is 1.14. The number of anilines is 2. The third kappa shape index (κ3) is 5.31. The summed E-state index contributed by atoms with van der Waals surface area (Å²) in [7, 11) is 1.52. The number of aryl methyl sites for hydroxylation is 1. The molecule has 0 aliphatic carbocycles. The Hall–Kier alpha value is -3.03. The van der Waals surface area contributed by atoms with Gasteiger partial charge in [-0.3, -0.25) is 0 Å². The van der Waals surface area contributed by atoms with Gasteiger partial charge in [0.25, 0.3) is 0 Å². The number of aromatic nitrogens is 1. The zero-order chi connectivity index (χ0) is 21.7. The Morgan fingerprint density at radius 2 is 2.00 bits per heavy atom. The van der Waals surface area contributed by atoms with Crippen LogP contribution in [0.3, 0.4) is 0 Å². The number of likely N-dealkylation sites (tertiary alicyclic amines) is 1. The molecule has 0 saturated carbocycles. The summed E-state index contributed by atoms with van der Waals surface area (Å²) < 4.78 is 31.1. The fourth-order valence-electron chi connectivity index (χ4n) is 3.27. The maximum atomic E-state index is 14.2. The number of carbonyl (C=O) groups is 1. The van der Waals surface area contributed by atoms with Gasteiger partial charge in [-0.25, -0.2) is 14.2 Å². The van der Waals surface area contributed by atoms with Gasteiger partial charge < -0.3 is 24.4 Å². The zero-order valence-electron chi connectivity index (χ0n) is 17.8. The quantitative estimate of drug-likeness (QED) is 0.736. The fourth-order valence-corrected chi connectivity index (χ4v) is 3.27. The van der Waals surface area contributed by atoms with Crippen LogP contribution >= 0.6 is 0 Å². The number of nitrogens with one attached hydrogen (secondary N) is 1. The van der Waals surface area contributed by atoms with Crippen molar-refractivity contribution in [1.82, 2.24) is 9.88 Å². The number of benzene rings is 1. The highest BCUT2D eigenvalue weighted by Gasteiger charge is 2.26. The largest absolute Gasteiger partial charge is 0.490 e. The molecule has 0 atom stereocenters. The third-order valence-corrected chi connectivity index (χ3v) is 4.78. The Morgan fingerprint density at radius 1 is 1.27 bits per heavy atom. The van der Waals surface area contributed by atoms with E-state index in [2.05, 4.69) is 10.3 Å². The lowest BCUT2D eigenvalue weighted by Crippen LogP contribution is -2.42. The lowest BCUT2D eigenvalue weighted by atomic mass is 10.1. The molecule has 1 fully saturated rings. The second-order valence-electron chi connectivity index (χ2n) is 7.54. The number of amides is 1. The predicted molar refractivity (Wildman–Crippen MR) is 112 cm³/mol. The van der Waals surface area contributed by atoms with Crippen molar-refractivity contribution >= 4 is 17.6 Å². The second kappa shape index (κ2) is 9.65. The molecule has 3 rings (SSSR count). The number of nitrogens with zero attached hydrogens (tertiary/aromatic N) is 2. The molecule has 1 amide bonds. The summed E-state index contributed by atoms with van der Waals surface area (Å²) in [6.07, 6.45) is 2.42. The van der Waals surface area contributed by atoms with Gasteiger partial charge in [-0.2, -0.15) is 0 Å². The van der Waals surface area contributed by atoms with E-state index in [1.807, 2.05) is 26.8 Å². The Bertz CT molecular complexity index is 883. The topological polar surface area (TPSA) is 72.9 Å². The molecule has 0 spiro atoms. The van der Waals surface area contributed by atoms with Gasteiger partial charge in [0.2, 0.25) is 5.75 Å². The first-order valence-electron chi connectivity index (χ1n) is 10.1. The molecule has 162 valence electrons. The van der Waals surface area contributed by atoms with E-state index < -0.39 is 0 Å². The number of pyridine rings is 1. The first-order valence-corrected chi connectivity index (χ1v) is 10.1. The summed E-state index contributed by atoms with van der Waals surface area (Å²) in [6, 6.07) is 6.64. The molecule has 0 unspecified atom stereocenters. The van der Waals surface area contributed by atoms with Gasteiger partial charge in [-0.1, -0.05) is 6.07 Å². The normalized spacial score (nSPS) is 14.5. The third-order valence-electron chi connectivity index (χ3n) is 4.78. The molecular weight excluding hydrogens is 389 g/mol. The molecule has 1 aliphatic heterocycles. The lowest BCUT2D eigenvalue weighted by molar-refractivity contribution is 0.0511. The van der Waals surface area contributed by atoms with Crippen LogP contribution in [0.1, 0.15) is 32.3 Å². The van der Waals surface area contributed by atoms with E-state index in [0.717, 1.165) is 5.56 Å². The lowest BCUT2D eigenvalue weighted by Gasteiger charge is -2.32. The van der Waals surface area contributed by atoms with Gasteiger partial charge in [-0.15, -0.1) is 0 Å². The zero-order valence-corrected chi connectivity index (χ0v) is 17.8. The number of halogens is 1. The summed E-state index contributed by atoms with van der Waals surface area (Å²) >= 11 is 0. The molecule has 8 heteroatoms. The van der Waals surface area contributed by atoms with Crippen molar-refractivity contribution in [3.8, 4) is 11.5 Å². The molecule has 30 heavy (non-hydrogen) atoms. The number of rotatable bonds is 6. The highest BCUT2D eigenvalue weighted by Crippen LogP contribution is 2.36. The Labute approximate surface area is 176 Å². The minimum atomic E-state index is -0.370. The van der Waals surface area contributed by atoms with Gasteiger partial charge in [0.1, 0.15) is 11.9 Å². The van der Waals surface area contributed by atoms with Crippen molar-refractivity contribution in [2.24, 2.45) is 0 Å². The van der Waals surface area contributed by atoms with Crippen molar-refractivity contribution < 1.29 is 23.4 Å². The van der Waals surface area contributed by atoms with Crippen LogP contribution in [-0.2, 0) is 4.74 Å². The Morgan fingerprint density at radius 3 is 2.63 bits per heavy atom. The average Bonchev–Trinajstić information content (AvgIpc) is 2.70. The Balaban J connectivity index is 1.67. The average molecular weight is 417 g/mol. The van der Waals surface area contributed by atoms with Crippen molar-refractivity contribution in [3.05, 3.63) is 41.8 Å². The van der Waals surface area contributed by atoms with E-state index in [-0.39, 0.29) is 24.1 Å². The number of hydrogen-bond donors (Lipinski definition) is 1. The van der Waals surface area contributed by atoms with Gasteiger partial charge >= 0.3 is 6.09 Å². The van der Waals surface area contributed by atoms with Gasteiger partial charge in [0, 0.05) is 38.2 Å². The fraction of sp³-hybridized carbons (Fsp3) is 0.455. The predicted octanol–water partition coefficient (Wildman–Crippen LogP) is 4.67. The van der Waals surface area contributed by atoms with E-state index in [1.54, 1.807) is 23.2 Å². The molecule has 1 N–H and O–H groups in total. The van der Waals surface area contributed by atoms with E-state index in [0.29, 0.717) is 48.9 Å². The summed E-state index contributed by atoms with van der Waals surface area (Å²) in [4.78, 5) is 18.0. The highest BCUT2D eigenvalue weighted by molar-refractivity contribution is 5.68. The van der Waals surface area contributed by atoms with E-state index in [9.17, 15) is 9.18 Å². The summed E-state index contributed by atoms with van der Waals surface area (Å²) in [6.45, 7) is 6.61. The van der Waals surface area contributed by atoms with Crippen LogP contribution in [0.25, 0.3) is 0 Å². The number of carbonyl (C=O) groups excluding carboxylic acids is 1. The van der Waals surface area contributed by atoms with Crippen molar-refractivity contribution in [1.29, 1.82) is 0 Å². The van der Waals surface area contributed by atoms with Crippen molar-refractivity contribution in [2.75, 3.05) is 25.5 Å².